The topological polar surface area (TPSA) is 73.6 Å². The summed E-state index contributed by atoms with van der Waals surface area (Å²) in [6.07, 6.45) is 2.08. The number of carbonyl (C=O) groups is 2. The Morgan fingerprint density at radius 1 is 1.25 bits per heavy atom. The van der Waals surface area contributed by atoms with Crippen molar-refractivity contribution in [3.8, 4) is 6.07 Å². The number of ether oxygens (including phenoxy) is 1. The number of fused-ring (bicyclic) bond motifs is 1. The molecule has 0 aliphatic carbocycles. The maximum atomic E-state index is 13.5. The maximum Gasteiger partial charge on any atom is 0.335 e. The quantitative estimate of drug-likeness (QED) is 0.737. The van der Waals surface area contributed by atoms with E-state index in [1.54, 1.807) is 11.8 Å². The number of piperidine rings is 1. The van der Waals surface area contributed by atoms with E-state index in [-0.39, 0.29) is 11.9 Å². The van der Waals surface area contributed by atoms with E-state index in [9.17, 15) is 9.59 Å². The molecule has 0 radical (unpaired) electrons. The van der Waals surface area contributed by atoms with Gasteiger partial charge in [-0.3, -0.25) is 4.79 Å². The zero-order chi connectivity index (χ0) is 19.9. The summed E-state index contributed by atoms with van der Waals surface area (Å²) in [7, 11) is 0. The first-order valence-electron chi connectivity index (χ1n) is 9.95. The van der Waals surface area contributed by atoms with E-state index >= 15 is 0 Å². The molecule has 3 heterocycles. The van der Waals surface area contributed by atoms with Crippen molar-refractivity contribution in [2.45, 2.75) is 45.3 Å². The molecule has 6 nitrogen and oxygen atoms in total. The van der Waals surface area contributed by atoms with Crippen molar-refractivity contribution in [2.24, 2.45) is 0 Å². The van der Waals surface area contributed by atoms with E-state index in [1.165, 1.54) is 5.56 Å². The van der Waals surface area contributed by atoms with Gasteiger partial charge in [-0.2, -0.15) is 5.26 Å². The van der Waals surface area contributed by atoms with Gasteiger partial charge in [0.1, 0.15) is 5.60 Å². The van der Waals surface area contributed by atoms with Crippen LogP contribution in [0.15, 0.2) is 29.3 Å². The van der Waals surface area contributed by atoms with E-state index in [0.717, 1.165) is 31.6 Å². The molecular formula is C22H25N3O3. The number of carbonyl (C=O) groups excluding carboxylic acids is 2. The van der Waals surface area contributed by atoms with Gasteiger partial charge in [-0.1, -0.05) is 13.0 Å². The van der Waals surface area contributed by atoms with Crippen molar-refractivity contribution in [1.82, 2.24) is 9.80 Å². The Balaban J connectivity index is 1.61. The Hall–Kier alpha value is -2.65. The highest BCUT2D eigenvalue weighted by atomic mass is 16.6. The molecule has 0 aromatic heterocycles. The number of benzene rings is 1. The molecule has 0 unspecified atom stereocenters. The zero-order valence-electron chi connectivity index (χ0n) is 16.5. The summed E-state index contributed by atoms with van der Waals surface area (Å²) in [5.41, 5.74) is 3.01. The third-order valence-corrected chi connectivity index (χ3v) is 6.38. The van der Waals surface area contributed by atoms with Gasteiger partial charge in [0.25, 0.3) is 5.91 Å². The van der Waals surface area contributed by atoms with Gasteiger partial charge in [0.2, 0.25) is 0 Å². The molecule has 146 valence electrons. The number of esters is 1. The Morgan fingerprint density at radius 2 is 2.00 bits per heavy atom. The monoisotopic (exact) mass is 379 g/mol. The molecule has 0 bridgehead atoms. The van der Waals surface area contributed by atoms with E-state index in [1.807, 2.05) is 18.2 Å². The summed E-state index contributed by atoms with van der Waals surface area (Å²) in [5.74, 6) is -0.459. The normalized spacial score (nSPS) is 21.5. The molecule has 28 heavy (non-hydrogen) atoms. The Morgan fingerprint density at radius 3 is 2.68 bits per heavy atom. The summed E-state index contributed by atoms with van der Waals surface area (Å²) >= 11 is 0. The number of rotatable bonds is 2. The molecule has 1 fully saturated rings. The SMILES string of the molecule is CCN1CCC2(CC1)OC(=O)C(C)=C2C(=O)N1CCc2ccc(C#N)cc2C1. The second-order valence-corrected chi connectivity index (χ2v) is 7.89. The standard InChI is InChI=1S/C22H25N3O3/c1-3-24-10-7-22(8-11-24)19(15(2)21(27)28-22)20(26)25-9-6-17-5-4-16(13-23)12-18(17)14-25/h4-5,12H,3,6-11,14H2,1-2H3. The Bertz CT molecular complexity index is 904. The fourth-order valence-electron chi connectivity index (χ4n) is 4.64. The molecule has 6 heteroatoms. The highest BCUT2D eigenvalue weighted by Gasteiger charge is 2.51. The summed E-state index contributed by atoms with van der Waals surface area (Å²) in [5, 5.41) is 9.16. The summed E-state index contributed by atoms with van der Waals surface area (Å²) < 4.78 is 5.80. The first-order chi connectivity index (χ1) is 13.5. The average Bonchev–Trinajstić information content (AvgIpc) is 2.96. The van der Waals surface area contributed by atoms with E-state index < -0.39 is 5.60 Å². The van der Waals surface area contributed by atoms with Crippen molar-refractivity contribution < 1.29 is 14.3 Å². The minimum absolute atomic E-state index is 0.0960. The van der Waals surface area contributed by atoms with Gasteiger partial charge in [0.15, 0.2) is 0 Å². The highest BCUT2D eigenvalue weighted by Crippen LogP contribution is 2.42. The molecule has 0 N–H and O–H groups in total. The van der Waals surface area contributed by atoms with Crippen LogP contribution in [0.2, 0.25) is 0 Å². The predicted octanol–water partition coefficient (Wildman–Crippen LogP) is 2.17. The number of likely N-dealkylation sites (tertiary alicyclic amines) is 1. The third-order valence-electron chi connectivity index (χ3n) is 6.38. The van der Waals surface area contributed by atoms with Gasteiger partial charge in [-0.15, -0.1) is 0 Å². The predicted molar refractivity (Wildman–Crippen MR) is 103 cm³/mol. The molecule has 1 aromatic rings. The molecule has 0 saturated carbocycles. The largest absolute Gasteiger partial charge is 0.450 e. The van der Waals surface area contributed by atoms with Crippen LogP contribution in [0.1, 0.15) is 43.4 Å². The molecule has 1 saturated heterocycles. The van der Waals surface area contributed by atoms with Crippen molar-refractivity contribution in [1.29, 1.82) is 5.26 Å². The van der Waals surface area contributed by atoms with Crippen molar-refractivity contribution in [2.75, 3.05) is 26.2 Å². The second-order valence-electron chi connectivity index (χ2n) is 7.89. The van der Waals surface area contributed by atoms with E-state index in [2.05, 4.69) is 17.9 Å². The molecule has 3 aliphatic heterocycles. The maximum absolute atomic E-state index is 13.5. The van der Waals surface area contributed by atoms with Crippen molar-refractivity contribution in [3.05, 3.63) is 46.0 Å². The van der Waals surface area contributed by atoms with Crippen LogP contribution in [0, 0.1) is 11.3 Å². The smallest absolute Gasteiger partial charge is 0.335 e. The van der Waals surface area contributed by atoms with Crippen LogP contribution >= 0.6 is 0 Å². The highest BCUT2D eigenvalue weighted by molar-refractivity contribution is 6.07. The fourth-order valence-corrected chi connectivity index (χ4v) is 4.64. The summed E-state index contributed by atoms with van der Waals surface area (Å²) in [6.45, 7) is 7.50. The first kappa shape index (κ1) is 18.7. The first-order valence-corrected chi connectivity index (χ1v) is 9.95. The number of nitrogens with zero attached hydrogens (tertiary/aromatic N) is 3. The number of hydrogen-bond acceptors (Lipinski definition) is 5. The zero-order valence-corrected chi connectivity index (χ0v) is 16.5. The van der Waals surface area contributed by atoms with Gasteiger partial charge in [0, 0.05) is 44.6 Å². The minimum atomic E-state index is -0.779. The lowest BCUT2D eigenvalue weighted by atomic mass is 9.82. The van der Waals surface area contributed by atoms with Crippen molar-refractivity contribution in [3.63, 3.8) is 0 Å². The molecule has 1 amide bonds. The van der Waals surface area contributed by atoms with Gasteiger partial charge >= 0.3 is 5.97 Å². The van der Waals surface area contributed by atoms with Crippen LogP contribution in [0.3, 0.4) is 0 Å². The van der Waals surface area contributed by atoms with Crippen LogP contribution in [0.25, 0.3) is 0 Å². The summed E-state index contributed by atoms with van der Waals surface area (Å²) in [4.78, 5) is 30.0. The van der Waals surface area contributed by atoms with Crippen LogP contribution in [-0.4, -0.2) is 53.5 Å². The third kappa shape index (κ3) is 3.00. The summed E-state index contributed by atoms with van der Waals surface area (Å²) in [6, 6.07) is 7.83. The molecule has 0 atom stereocenters. The molecule has 3 aliphatic rings. The minimum Gasteiger partial charge on any atom is -0.450 e. The van der Waals surface area contributed by atoms with E-state index in [4.69, 9.17) is 10.00 Å². The van der Waals surface area contributed by atoms with Gasteiger partial charge in [0.05, 0.1) is 17.2 Å². The van der Waals surface area contributed by atoms with Crippen molar-refractivity contribution >= 4 is 11.9 Å². The Kier molecular flexibility index (Phi) is 4.72. The number of nitriles is 1. The molecule has 1 aromatic carbocycles. The lowest BCUT2D eigenvalue weighted by Crippen LogP contribution is -2.49. The number of amides is 1. The molecule has 4 rings (SSSR count). The van der Waals surface area contributed by atoms with Crippen LogP contribution in [0.5, 0.6) is 0 Å². The molecular weight excluding hydrogens is 354 g/mol. The lowest BCUT2D eigenvalue weighted by molar-refractivity contribution is -0.151. The number of hydrogen-bond donors (Lipinski definition) is 0. The van der Waals surface area contributed by atoms with Crippen LogP contribution in [-0.2, 0) is 27.3 Å². The van der Waals surface area contributed by atoms with E-state index in [0.29, 0.717) is 42.6 Å². The lowest BCUT2D eigenvalue weighted by Gasteiger charge is -2.40. The van der Waals surface area contributed by atoms with Crippen LogP contribution < -0.4 is 0 Å². The van der Waals surface area contributed by atoms with Crippen LogP contribution in [0.4, 0.5) is 0 Å². The van der Waals surface area contributed by atoms with Gasteiger partial charge < -0.3 is 14.5 Å². The average molecular weight is 379 g/mol. The Labute approximate surface area is 165 Å². The van der Waals surface area contributed by atoms with Gasteiger partial charge in [-0.25, -0.2) is 4.79 Å². The second kappa shape index (κ2) is 7.06. The fraction of sp³-hybridized carbons (Fsp3) is 0.500. The molecule has 1 spiro atoms. The van der Waals surface area contributed by atoms with Gasteiger partial charge in [-0.05, 0) is 43.1 Å².